The van der Waals surface area contributed by atoms with Crippen molar-refractivity contribution in [2.75, 3.05) is 0 Å². The molecule has 3 heteroatoms. The maximum absolute atomic E-state index is 9.20. The highest BCUT2D eigenvalue weighted by Crippen LogP contribution is 2.28. The summed E-state index contributed by atoms with van der Waals surface area (Å²) >= 11 is 0. The van der Waals surface area contributed by atoms with Crippen LogP contribution in [0.2, 0.25) is 0 Å². The van der Waals surface area contributed by atoms with Crippen molar-refractivity contribution >= 4 is 0 Å². The van der Waals surface area contributed by atoms with Gasteiger partial charge in [-0.1, -0.05) is 12.1 Å². The van der Waals surface area contributed by atoms with E-state index >= 15 is 0 Å². The van der Waals surface area contributed by atoms with Crippen molar-refractivity contribution in [3.8, 4) is 11.5 Å². The van der Waals surface area contributed by atoms with E-state index in [1.807, 2.05) is 32.0 Å². The summed E-state index contributed by atoms with van der Waals surface area (Å²) in [7, 11) is 0. The first kappa shape index (κ1) is 11.6. The summed E-state index contributed by atoms with van der Waals surface area (Å²) in [6.45, 7) is 3.94. The van der Waals surface area contributed by atoms with Crippen molar-refractivity contribution in [3.05, 3.63) is 53.3 Å². The molecule has 2 rings (SSSR count). The summed E-state index contributed by atoms with van der Waals surface area (Å²) in [6, 6.07) is 7.80. The number of hydrogen-bond donors (Lipinski definition) is 1. The van der Waals surface area contributed by atoms with Crippen molar-refractivity contribution in [3.63, 3.8) is 0 Å². The molecule has 0 fully saturated rings. The number of aryl methyl sites for hydroxylation is 2. The maximum atomic E-state index is 9.20. The zero-order chi connectivity index (χ0) is 12.3. The molecule has 0 aliphatic rings. The second-order valence-corrected chi connectivity index (χ2v) is 4.01. The maximum Gasteiger partial charge on any atom is 0.136 e. The highest BCUT2D eigenvalue weighted by molar-refractivity contribution is 5.41. The molecule has 0 aliphatic heterocycles. The predicted molar refractivity (Wildman–Crippen MR) is 66.1 cm³/mol. The average Bonchev–Trinajstić information content (AvgIpc) is 2.34. The van der Waals surface area contributed by atoms with Crippen LogP contribution < -0.4 is 4.74 Å². The molecular weight excluding hydrogens is 214 g/mol. The zero-order valence-electron chi connectivity index (χ0n) is 9.97. The fraction of sp³-hybridized carbons (Fsp3) is 0.214. The van der Waals surface area contributed by atoms with E-state index in [0.29, 0.717) is 11.3 Å². The zero-order valence-corrected chi connectivity index (χ0v) is 9.97. The van der Waals surface area contributed by atoms with E-state index in [-0.39, 0.29) is 6.61 Å². The number of rotatable bonds is 3. The van der Waals surface area contributed by atoms with Gasteiger partial charge in [0.05, 0.1) is 6.61 Å². The Bertz CT molecular complexity index is 523. The number of pyridine rings is 1. The van der Waals surface area contributed by atoms with Gasteiger partial charge in [-0.15, -0.1) is 0 Å². The number of benzene rings is 1. The second kappa shape index (κ2) is 4.97. The van der Waals surface area contributed by atoms with Gasteiger partial charge in [0.1, 0.15) is 11.5 Å². The van der Waals surface area contributed by atoms with Gasteiger partial charge in [0.2, 0.25) is 0 Å². The summed E-state index contributed by atoms with van der Waals surface area (Å²) in [6.07, 6.45) is 3.26. The van der Waals surface area contributed by atoms with Gasteiger partial charge >= 0.3 is 0 Å². The lowest BCUT2D eigenvalue weighted by Crippen LogP contribution is -1.94. The topological polar surface area (TPSA) is 42.4 Å². The number of nitrogens with zero attached hydrogens (tertiary/aromatic N) is 1. The largest absolute Gasteiger partial charge is 0.457 e. The first-order chi connectivity index (χ1) is 8.20. The van der Waals surface area contributed by atoms with Crippen LogP contribution in [0, 0.1) is 13.8 Å². The molecule has 1 aromatic carbocycles. The number of aromatic nitrogens is 1. The second-order valence-electron chi connectivity index (χ2n) is 4.01. The highest BCUT2D eigenvalue weighted by Gasteiger charge is 2.06. The standard InChI is InChI=1S/C14H15NO2/c1-10-3-4-11(2)14(7-10)17-13-5-6-15-8-12(13)9-16/h3-8,16H,9H2,1-2H3. The van der Waals surface area contributed by atoms with Gasteiger partial charge in [0.15, 0.2) is 0 Å². The molecule has 0 aliphatic carbocycles. The van der Waals surface area contributed by atoms with Crippen LogP contribution in [0.4, 0.5) is 0 Å². The van der Waals surface area contributed by atoms with E-state index in [2.05, 4.69) is 4.98 Å². The Hall–Kier alpha value is -1.87. The van der Waals surface area contributed by atoms with Gasteiger partial charge in [-0.3, -0.25) is 4.98 Å². The molecule has 3 nitrogen and oxygen atoms in total. The van der Waals surface area contributed by atoms with E-state index in [4.69, 9.17) is 4.74 Å². The Labute approximate surface area is 101 Å². The van der Waals surface area contributed by atoms with Crippen molar-refractivity contribution in [2.45, 2.75) is 20.5 Å². The van der Waals surface area contributed by atoms with Gasteiger partial charge in [-0.05, 0) is 37.1 Å². The predicted octanol–water partition coefficient (Wildman–Crippen LogP) is 2.98. The van der Waals surface area contributed by atoms with Crippen molar-refractivity contribution < 1.29 is 9.84 Å². The van der Waals surface area contributed by atoms with Gasteiger partial charge in [-0.2, -0.15) is 0 Å². The quantitative estimate of drug-likeness (QED) is 0.879. The molecular formula is C14H15NO2. The molecule has 88 valence electrons. The molecule has 0 atom stereocenters. The van der Waals surface area contributed by atoms with Crippen molar-refractivity contribution in [2.24, 2.45) is 0 Å². The van der Waals surface area contributed by atoms with E-state index in [0.717, 1.165) is 16.9 Å². The molecule has 1 N–H and O–H groups in total. The fourth-order valence-electron chi connectivity index (χ4n) is 1.57. The van der Waals surface area contributed by atoms with Crippen LogP contribution in [0.1, 0.15) is 16.7 Å². The van der Waals surface area contributed by atoms with E-state index in [9.17, 15) is 5.11 Å². The summed E-state index contributed by atoms with van der Waals surface area (Å²) < 4.78 is 5.81. The van der Waals surface area contributed by atoms with Gasteiger partial charge in [0, 0.05) is 18.0 Å². The van der Waals surface area contributed by atoms with Gasteiger partial charge < -0.3 is 9.84 Å². The minimum Gasteiger partial charge on any atom is -0.457 e. The van der Waals surface area contributed by atoms with Gasteiger partial charge in [0.25, 0.3) is 0 Å². The van der Waals surface area contributed by atoms with Gasteiger partial charge in [-0.25, -0.2) is 0 Å². The Kier molecular flexibility index (Phi) is 3.40. The molecule has 17 heavy (non-hydrogen) atoms. The molecule has 1 heterocycles. The lowest BCUT2D eigenvalue weighted by atomic mass is 10.1. The van der Waals surface area contributed by atoms with Crippen LogP contribution in [-0.4, -0.2) is 10.1 Å². The molecule has 0 amide bonds. The molecule has 0 saturated carbocycles. The molecule has 2 aromatic rings. The summed E-state index contributed by atoms with van der Waals surface area (Å²) in [5.74, 6) is 1.46. The van der Waals surface area contributed by atoms with E-state index < -0.39 is 0 Å². The smallest absolute Gasteiger partial charge is 0.136 e. The van der Waals surface area contributed by atoms with Crippen LogP contribution in [0.15, 0.2) is 36.7 Å². The summed E-state index contributed by atoms with van der Waals surface area (Å²) in [5, 5.41) is 9.20. The Morgan fingerprint density at radius 2 is 2.00 bits per heavy atom. The van der Waals surface area contributed by atoms with Crippen molar-refractivity contribution in [1.82, 2.24) is 4.98 Å². The summed E-state index contributed by atoms with van der Waals surface area (Å²) in [4.78, 5) is 3.96. The number of aliphatic hydroxyl groups is 1. The van der Waals surface area contributed by atoms with Crippen LogP contribution >= 0.6 is 0 Å². The van der Waals surface area contributed by atoms with Crippen LogP contribution in [0.25, 0.3) is 0 Å². The Balaban J connectivity index is 2.34. The lowest BCUT2D eigenvalue weighted by molar-refractivity contribution is 0.276. The first-order valence-electron chi connectivity index (χ1n) is 5.49. The first-order valence-corrected chi connectivity index (χ1v) is 5.49. The third-order valence-electron chi connectivity index (χ3n) is 2.59. The molecule has 0 spiro atoms. The molecule has 0 saturated heterocycles. The molecule has 0 unspecified atom stereocenters. The van der Waals surface area contributed by atoms with E-state index in [1.54, 1.807) is 18.5 Å². The minimum atomic E-state index is -0.0754. The molecule has 0 radical (unpaired) electrons. The molecule has 0 bridgehead atoms. The summed E-state index contributed by atoms with van der Waals surface area (Å²) in [5.41, 5.74) is 2.90. The fourth-order valence-corrected chi connectivity index (χ4v) is 1.57. The highest BCUT2D eigenvalue weighted by atomic mass is 16.5. The number of aliphatic hydroxyl groups excluding tert-OH is 1. The van der Waals surface area contributed by atoms with Crippen LogP contribution in [0.3, 0.4) is 0 Å². The minimum absolute atomic E-state index is 0.0754. The van der Waals surface area contributed by atoms with Crippen LogP contribution in [-0.2, 0) is 6.61 Å². The third-order valence-corrected chi connectivity index (χ3v) is 2.59. The lowest BCUT2D eigenvalue weighted by Gasteiger charge is -2.11. The normalized spacial score (nSPS) is 10.3. The Morgan fingerprint density at radius 3 is 2.76 bits per heavy atom. The monoisotopic (exact) mass is 229 g/mol. The third kappa shape index (κ3) is 2.63. The van der Waals surface area contributed by atoms with Crippen LogP contribution in [0.5, 0.6) is 11.5 Å². The Morgan fingerprint density at radius 1 is 1.18 bits per heavy atom. The van der Waals surface area contributed by atoms with E-state index in [1.165, 1.54) is 0 Å². The molecule has 1 aromatic heterocycles. The SMILES string of the molecule is Cc1ccc(C)c(Oc2ccncc2CO)c1. The number of ether oxygens (including phenoxy) is 1. The average molecular weight is 229 g/mol. The van der Waals surface area contributed by atoms with Crippen molar-refractivity contribution in [1.29, 1.82) is 0 Å². The number of hydrogen-bond acceptors (Lipinski definition) is 3.